The van der Waals surface area contributed by atoms with Crippen molar-refractivity contribution in [3.63, 3.8) is 0 Å². The predicted molar refractivity (Wildman–Crippen MR) is 104 cm³/mol. The fourth-order valence-corrected chi connectivity index (χ4v) is 4.02. The molecular formula is C20H20ClN3O2. The highest BCUT2D eigenvalue weighted by atomic mass is 35.5. The molecule has 1 unspecified atom stereocenters. The molecule has 0 amide bonds. The maximum absolute atomic E-state index is 11.4. The number of benzene rings is 2. The molecule has 1 atom stereocenters. The first kappa shape index (κ1) is 16.9. The molecule has 0 spiro atoms. The minimum Gasteiger partial charge on any atom is -0.481 e. The number of nitrogens with one attached hydrogen (secondary N) is 1. The lowest BCUT2D eigenvalue weighted by Crippen LogP contribution is -2.38. The lowest BCUT2D eigenvalue weighted by Gasteiger charge is -2.33. The number of H-pyrrole nitrogens is 1. The summed E-state index contributed by atoms with van der Waals surface area (Å²) >= 11 is 6.44. The van der Waals surface area contributed by atoms with Crippen LogP contribution in [0.4, 0.5) is 5.69 Å². The van der Waals surface area contributed by atoms with Crippen molar-refractivity contribution in [3.05, 3.63) is 47.5 Å². The number of nitrogens with zero attached hydrogens (tertiary/aromatic N) is 2. The van der Waals surface area contributed by atoms with Crippen LogP contribution < -0.4 is 4.90 Å². The van der Waals surface area contributed by atoms with Crippen LogP contribution in [-0.2, 0) is 4.79 Å². The Kier molecular flexibility index (Phi) is 3.92. The summed E-state index contributed by atoms with van der Waals surface area (Å²) in [5.74, 6) is -0.396. The second-order valence-electron chi connectivity index (χ2n) is 7.43. The Morgan fingerprint density at radius 2 is 2.08 bits per heavy atom. The largest absolute Gasteiger partial charge is 0.481 e. The summed E-state index contributed by atoms with van der Waals surface area (Å²) in [7, 11) is 0. The SMILES string of the molecule is CC1(C)CC(C(=O)O)CN1c1ccc(Cl)c(-c2nc3ccccc3[nH]2)c1. The highest BCUT2D eigenvalue weighted by molar-refractivity contribution is 6.33. The second kappa shape index (κ2) is 6.02. The number of rotatable bonds is 3. The fraction of sp³-hybridized carbons (Fsp3) is 0.300. The highest BCUT2D eigenvalue weighted by Crippen LogP contribution is 2.39. The van der Waals surface area contributed by atoms with Gasteiger partial charge in [0.25, 0.3) is 0 Å². The number of carboxylic acid groups (broad SMARTS) is 1. The van der Waals surface area contributed by atoms with Crippen LogP contribution in [0.15, 0.2) is 42.5 Å². The highest BCUT2D eigenvalue weighted by Gasteiger charge is 2.41. The number of aromatic nitrogens is 2. The summed E-state index contributed by atoms with van der Waals surface area (Å²) in [6, 6.07) is 13.6. The Bertz CT molecular complexity index is 963. The summed E-state index contributed by atoms with van der Waals surface area (Å²) < 4.78 is 0. The first-order valence-corrected chi connectivity index (χ1v) is 8.98. The topological polar surface area (TPSA) is 69.2 Å². The molecule has 0 radical (unpaired) electrons. The van der Waals surface area contributed by atoms with Gasteiger partial charge in [-0.1, -0.05) is 23.7 Å². The fourth-order valence-electron chi connectivity index (χ4n) is 3.81. The molecule has 2 N–H and O–H groups in total. The Balaban J connectivity index is 1.76. The van der Waals surface area contributed by atoms with Gasteiger partial charge in [-0.2, -0.15) is 0 Å². The smallest absolute Gasteiger partial charge is 0.308 e. The van der Waals surface area contributed by atoms with Gasteiger partial charge in [0.05, 0.1) is 22.0 Å². The third-order valence-electron chi connectivity index (χ3n) is 5.13. The van der Waals surface area contributed by atoms with Gasteiger partial charge in [-0.25, -0.2) is 4.98 Å². The summed E-state index contributed by atoms with van der Waals surface area (Å²) in [4.78, 5) is 21.5. The van der Waals surface area contributed by atoms with Crippen LogP contribution in [0.1, 0.15) is 20.3 Å². The molecule has 26 heavy (non-hydrogen) atoms. The number of halogens is 1. The van der Waals surface area contributed by atoms with E-state index in [1.54, 1.807) is 0 Å². The second-order valence-corrected chi connectivity index (χ2v) is 7.84. The zero-order valence-corrected chi connectivity index (χ0v) is 15.4. The summed E-state index contributed by atoms with van der Waals surface area (Å²) in [6.07, 6.45) is 0.616. The van der Waals surface area contributed by atoms with Crippen LogP contribution >= 0.6 is 11.6 Å². The number of carboxylic acids is 1. The van der Waals surface area contributed by atoms with Crippen LogP contribution in [0.2, 0.25) is 5.02 Å². The van der Waals surface area contributed by atoms with Gasteiger partial charge in [-0.05, 0) is 50.6 Å². The lowest BCUT2D eigenvalue weighted by molar-refractivity contribution is -0.141. The van der Waals surface area contributed by atoms with Gasteiger partial charge in [0.2, 0.25) is 0 Å². The minimum absolute atomic E-state index is 0.234. The third kappa shape index (κ3) is 2.82. The number of aliphatic carboxylic acids is 1. The van der Waals surface area contributed by atoms with E-state index >= 15 is 0 Å². The van der Waals surface area contributed by atoms with Crippen LogP contribution in [0, 0.1) is 5.92 Å². The van der Waals surface area contributed by atoms with E-state index in [4.69, 9.17) is 11.6 Å². The average Bonchev–Trinajstić information content (AvgIpc) is 3.16. The Morgan fingerprint density at radius 3 is 2.77 bits per heavy atom. The molecule has 3 aromatic rings. The van der Waals surface area contributed by atoms with Crippen molar-refractivity contribution in [2.24, 2.45) is 5.92 Å². The van der Waals surface area contributed by atoms with Crippen LogP contribution in [-0.4, -0.2) is 33.1 Å². The van der Waals surface area contributed by atoms with Crippen molar-refractivity contribution in [1.29, 1.82) is 0 Å². The van der Waals surface area contributed by atoms with Crippen LogP contribution in [0.3, 0.4) is 0 Å². The number of anilines is 1. The number of carbonyl (C=O) groups is 1. The molecular weight excluding hydrogens is 350 g/mol. The molecule has 4 rings (SSSR count). The number of hydrogen-bond acceptors (Lipinski definition) is 3. The van der Waals surface area contributed by atoms with Crippen LogP contribution in [0.25, 0.3) is 22.4 Å². The molecule has 2 heterocycles. The lowest BCUT2D eigenvalue weighted by atomic mass is 9.96. The molecule has 0 aliphatic carbocycles. The summed E-state index contributed by atoms with van der Waals surface area (Å²) in [5, 5.41) is 10.0. The average molecular weight is 370 g/mol. The third-order valence-corrected chi connectivity index (χ3v) is 5.46. The van der Waals surface area contributed by atoms with E-state index in [1.165, 1.54) is 0 Å². The van der Waals surface area contributed by atoms with Gasteiger partial charge >= 0.3 is 5.97 Å². The van der Waals surface area contributed by atoms with Crippen LogP contribution in [0.5, 0.6) is 0 Å². The van der Waals surface area contributed by atoms with E-state index in [1.807, 2.05) is 42.5 Å². The van der Waals surface area contributed by atoms with Crippen molar-refractivity contribution in [3.8, 4) is 11.4 Å². The molecule has 1 fully saturated rings. The Morgan fingerprint density at radius 1 is 1.31 bits per heavy atom. The van der Waals surface area contributed by atoms with Crippen molar-refractivity contribution in [2.75, 3.05) is 11.4 Å². The van der Waals surface area contributed by atoms with E-state index in [-0.39, 0.29) is 11.5 Å². The van der Waals surface area contributed by atoms with E-state index in [9.17, 15) is 9.90 Å². The Hall–Kier alpha value is -2.53. The van der Waals surface area contributed by atoms with Gasteiger partial charge < -0.3 is 15.0 Å². The van der Waals surface area contributed by atoms with Gasteiger partial charge in [0, 0.05) is 23.3 Å². The first-order chi connectivity index (χ1) is 12.3. The molecule has 134 valence electrons. The van der Waals surface area contributed by atoms with E-state index in [0.717, 1.165) is 22.3 Å². The number of fused-ring (bicyclic) bond motifs is 1. The van der Waals surface area contributed by atoms with Crippen molar-refractivity contribution in [2.45, 2.75) is 25.8 Å². The van der Waals surface area contributed by atoms with Crippen molar-refractivity contribution in [1.82, 2.24) is 9.97 Å². The number of imidazole rings is 1. The maximum Gasteiger partial charge on any atom is 0.308 e. The van der Waals surface area contributed by atoms with Gasteiger partial charge in [-0.15, -0.1) is 0 Å². The van der Waals surface area contributed by atoms with Gasteiger partial charge in [0.1, 0.15) is 5.82 Å². The summed E-state index contributed by atoms with van der Waals surface area (Å²) in [5.41, 5.74) is 3.38. The van der Waals surface area contributed by atoms with Crippen molar-refractivity contribution >= 4 is 34.3 Å². The molecule has 2 aromatic carbocycles. The quantitative estimate of drug-likeness (QED) is 0.709. The predicted octanol–water partition coefficient (Wildman–Crippen LogP) is 4.57. The normalized spacial score (nSPS) is 19.2. The number of hydrogen-bond donors (Lipinski definition) is 2. The minimum atomic E-state index is -0.743. The zero-order valence-electron chi connectivity index (χ0n) is 14.7. The molecule has 1 saturated heterocycles. The van der Waals surface area contributed by atoms with Gasteiger partial charge in [0.15, 0.2) is 0 Å². The number of aromatic amines is 1. The molecule has 0 bridgehead atoms. The van der Waals surface area contributed by atoms with E-state index in [2.05, 4.69) is 28.7 Å². The molecule has 1 aliphatic rings. The molecule has 1 aromatic heterocycles. The Labute approximate surface area is 156 Å². The standard InChI is InChI=1S/C20H20ClN3O2/c1-20(2)10-12(19(25)26)11-24(20)13-7-8-15(21)14(9-13)18-22-16-5-3-4-6-17(16)23-18/h3-9,12H,10-11H2,1-2H3,(H,22,23)(H,25,26). The first-order valence-electron chi connectivity index (χ1n) is 8.60. The summed E-state index contributed by atoms with van der Waals surface area (Å²) in [6.45, 7) is 4.64. The zero-order chi connectivity index (χ0) is 18.5. The molecule has 0 saturated carbocycles. The van der Waals surface area contributed by atoms with E-state index in [0.29, 0.717) is 23.8 Å². The van der Waals surface area contributed by atoms with E-state index < -0.39 is 5.97 Å². The van der Waals surface area contributed by atoms with Crippen molar-refractivity contribution < 1.29 is 9.90 Å². The van der Waals surface area contributed by atoms with Gasteiger partial charge in [-0.3, -0.25) is 4.79 Å². The molecule has 5 nitrogen and oxygen atoms in total. The molecule has 1 aliphatic heterocycles. The number of para-hydroxylation sites is 2. The molecule has 6 heteroatoms. The maximum atomic E-state index is 11.4. The monoisotopic (exact) mass is 369 g/mol.